The molecule has 0 saturated carbocycles. The number of amides is 1. The predicted molar refractivity (Wildman–Crippen MR) is 176 cm³/mol. The summed E-state index contributed by atoms with van der Waals surface area (Å²) < 4.78 is 80.3. The standard InChI is InChI=1S/C34H30F3N5O5S/c1-38-33(43)30-22-14-21(24-10-8-18-12-13-42-25-7-5-6-23(35)20(25)15-27(42)31(18)39-24)26(41(3)48(4,44)45)16-28(22)46-32(30)19-9-11-29(40(2)17-19)47-34(36)37/h5-11,14-16,34H,12-13,17H2,1-4H3,(H,38,43). The van der Waals surface area contributed by atoms with Crippen molar-refractivity contribution in [2.24, 2.45) is 0 Å². The summed E-state index contributed by atoms with van der Waals surface area (Å²) in [5.41, 5.74) is 5.13. The fourth-order valence-corrected chi connectivity index (χ4v) is 6.89. The zero-order valence-electron chi connectivity index (χ0n) is 26.3. The molecule has 0 atom stereocenters. The molecular weight excluding hydrogens is 647 g/mol. The van der Waals surface area contributed by atoms with E-state index in [2.05, 4.69) is 10.1 Å². The molecule has 1 amide bonds. The maximum atomic E-state index is 14.8. The van der Waals surface area contributed by atoms with Gasteiger partial charge in [-0.3, -0.25) is 9.10 Å². The van der Waals surface area contributed by atoms with Crippen LogP contribution in [0, 0.1) is 5.82 Å². The average molecular weight is 678 g/mol. The van der Waals surface area contributed by atoms with Crippen molar-refractivity contribution >= 4 is 49.1 Å². The van der Waals surface area contributed by atoms with E-state index in [0.29, 0.717) is 46.3 Å². The fourth-order valence-electron chi connectivity index (χ4n) is 6.39. The Kier molecular flexibility index (Phi) is 7.50. The van der Waals surface area contributed by atoms with E-state index in [1.54, 1.807) is 43.5 Å². The topological polar surface area (TPSA) is 110 Å². The Morgan fingerprint density at radius 3 is 2.62 bits per heavy atom. The molecule has 0 unspecified atom stereocenters. The van der Waals surface area contributed by atoms with E-state index in [4.69, 9.17) is 9.40 Å². The number of aryl methyl sites for hydroxylation is 2. The summed E-state index contributed by atoms with van der Waals surface area (Å²) in [5.74, 6) is -0.657. The van der Waals surface area contributed by atoms with E-state index in [9.17, 15) is 26.4 Å². The van der Waals surface area contributed by atoms with Crippen molar-refractivity contribution in [3.8, 4) is 22.6 Å². The molecule has 248 valence electrons. The minimum atomic E-state index is -3.77. The average Bonchev–Trinajstić information content (AvgIpc) is 3.63. The van der Waals surface area contributed by atoms with Gasteiger partial charge in [-0.15, -0.1) is 0 Å². The number of hydrogen-bond donors (Lipinski definition) is 1. The molecule has 10 nitrogen and oxygen atoms in total. The molecule has 5 heterocycles. The van der Waals surface area contributed by atoms with Crippen LogP contribution in [0.15, 0.2) is 71.0 Å². The van der Waals surface area contributed by atoms with Crippen molar-refractivity contribution < 1.29 is 35.5 Å². The lowest BCUT2D eigenvalue weighted by Crippen LogP contribution is -2.26. The normalized spacial score (nSPS) is 14.5. The van der Waals surface area contributed by atoms with Gasteiger partial charge in [0.25, 0.3) is 5.91 Å². The number of alkyl halides is 2. The number of hydrogen-bond acceptors (Lipinski definition) is 7. The number of nitrogens with zero attached hydrogens (tertiary/aromatic N) is 4. The number of carbonyl (C=O) groups is 1. The number of allylic oxidation sites excluding steroid dienone is 2. The molecule has 0 bridgehead atoms. The van der Waals surface area contributed by atoms with E-state index in [0.717, 1.165) is 27.3 Å². The van der Waals surface area contributed by atoms with Gasteiger partial charge in [-0.2, -0.15) is 8.78 Å². The van der Waals surface area contributed by atoms with Gasteiger partial charge < -0.3 is 23.9 Å². The highest BCUT2D eigenvalue weighted by molar-refractivity contribution is 7.92. The third-order valence-electron chi connectivity index (χ3n) is 8.80. The highest BCUT2D eigenvalue weighted by Crippen LogP contribution is 2.42. The molecule has 2 aliphatic heterocycles. The first-order chi connectivity index (χ1) is 22.8. The molecule has 2 aromatic carbocycles. The van der Waals surface area contributed by atoms with Crippen LogP contribution in [0.1, 0.15) is 21.7 Å². The first-order valence-electron chi connectivity index (χ1n) is 15.0. The third kappa shape index (κ3) is 5.16. The first kappa shape index (κ1) is 31.4. The van der Waals surface area contributed by atoms with Gasteiger partial charge in [0.2, 0.25) is 10.0 Å². The molecule has 5 aromatic rings. The summed E-state index contributed by atoms with van der Waals surface area (Å²) in [6, 6.07) is 13.7. The molecule has 0 fully saturated rings. The summed E-state index contributed by atoms with van der Waals surface area (Å²) in [7, 11) is 0.678. The number of rotatable bonds is 7. The van der Waals surface area contributed by atoms with Crippen molar-refractivity contribution in [2.45, 2.75) is 19.6 Å². The number of sulfonamides is 1. The maximum absolute atomic E-state index is 14.8. The van der Waals surface area contributed by atoms with Crippen LogP contribution in [0.3, 0.4) is 0 Å². The van der Waals surface area contributed by atoms with Crippen LogP contribution in [0.25, 0.3) is 50.1 Å². The smallest absolute Gasteiger partial charge is 0.388 e. The van der Waals surface area contributed by atoms with Gasteiger partial charge in [0.05, 0.1) is 40.1 Å². The summed E-state index contributed by atoms with van der Waals surface area (Å²) >= 11 is 0. The molecule has 48 heavy (non-hydrogen) atoms. The molecule has 0 saturated heterocycles. The Bertz CT molecular complexity index is 2330. The summed E-state index contributed by atoms with van der Waals surface area (Å²) in [5, 5.41) is 3.52. The number of halogens is 3. The van der Waals surface area contributed by atoms with Crippen molar-refractivity contribution in [1.82, 2.24) is 19.8 Å². The Hall–Kier alpha value is -5.24. The van der Waals surface area contributed by atoms with Gasteiger partial charge in [-0.1, -0.05) is 12.1 Å². The van der Waals surface area contributed by atoms with Crippen LogP contribution < -0.4 is 9.62 Å². The highest BCUT2D eigenvalue weighted by atomic mass is 32.2. The third-order valence-corrected chi connectivity index (χ3v) is 10.00. The summed E-state index contributed by atoms with van der Waals surface area (Å²) in [4.78, 5) is 19.9. The molecule has 1 N–H and O–H groups in total. The Balaban J connectivity index is 1.45. The van der Waals surface area contributed by atoms with Crippen molar-refractivity contribution in [3.05, 3.63) is 89.3 Å². The molecule has 7 rings (SSSR count). The maximum Gasteiger partial charge on any atom is 0.388 e. The van der Waals surface area contributed by atoms with Crippen LogP contribution >= 0.6 is 0 Å². The van der Waals surface area contributed by atoms with E-state index in [1.165, 1.54) is 31.1 Å². The van der Waals surface area contributed by atoms with Gasteiger partial charge in [0.1, 0.15) is 17.2 Å². The number of fused-ring (bicyclic) bond motifs is 6. The first-order valence-corrected chi connectivity index (χ1v) is 16.8. The molecule has 14 heteroatoms. The lowest BCUT2D eigenvalue weighted by atomic mass is 9.98. The molecule has 2 aliphatic rings. The van der Waals surface area contributed by atoms with Crippen LogP contribution in [0.5, 0.6) is 0 Å². The van der Waals surface area contributed by atoms with Crippen LogP contribution in [0.4, 0.5) is 18.9 Å². The minimum Gasteiger partial charge on any atom is -0.455 e. The highest BCUT2D eigenvalue weighted by Gasteiger charge is 2.30. The van der Waals surface area contributed by atoms with E-state index < -0.39 is 22.5 Å². The number of furan rings is 1. The number of aromatic nitrogens is 2. The van der Waals surface area contributed by atoms with Gasteiger partial charge in [-0.05, 0) is 54.5 Å². The molecular formula is C34H30F3N5O5S. The number of likely N-dealkylation sites (N-methyl/N-ethyl adjacent to an activating group) is 1. The quantitative estimate of drug-likeness (QED) is 0.226. The molecule has 0 radical (unpaired) electrons. The Morgan fingerprint density at radius 2 is 1.92 bits per heavy atom. The predicted octanol–water partition coefficient (Wildman–Crippen LogP) is 5.98. The lowest BCUT2D eigenvalue weighted by Gasteiger charge is -2.26. The van der Waals surface area contributed by atoms with Crippen LogP contribution in [-0.4, -0.2) is 69.3 Å². The van der Waals surface area contributed by atoms with E-state index in [-0.39, 0.29) is 40.8 Å². The van der Waals surface area contributed by atoms with Gasteiger partial charge in [0, 0.05) is 62.2 Å². The Morgan fingerprint density at radius 1 is 1.12 bits per heavy atom. The fraction of sp³-hybridized carbons (Fsp3) is 0.235. The largest absolute Gasteiger partial charge is 0.455 e. The number of benzene rings is 2. The Labute approximate surface area is 273 Å². The summed E-state index contributed by atoms with van der Waals surface area (Å²) in [6.45, 7) is -2.27. The SMILES string of the molecule is CNC(=O)c1c(C2=CC=C(OC(F)F)N(C)C2)oc2cc(N(C)S(C)(=O)=O)c(-c3ccc4c(n3)-c3cc5c(F)cccc5n3CC4)cc12. The molecule has 0 spiro atoms. The van der Waals surface area contributed by atoms with Crippen LogP contribution in [0.2, 0.25) is 0 Å². The monoisotopic (exact) mass is 677 g/mol. The number of anilines is 1. The summed E-state index contributed by atoms with van der Waals surface area (Å²) in [6.07, 6.45) is 4.65. The molecule has 0 aliphatic carbocycles. The number of nitrogens with one attached hydrogen (secondary N) is 1. The van der Waals surface area contributed by atoms with Gasteiger partial charge in [0.15, 0.2) is 5.88 Å². The van der Waals surface area contributed by atoms with Gasteiger partial charge in [-0.25, -0.2) is 17.8 Å². The zero-order chi connectivity index (χ0) is 34.1. The second-order valence-electron chi connectivity index (χ2n) is 11.7. The lowest BCUT2D eigenvalue weighted by molar-refractivity contribution is -0.115. The zero-order valence-corrected chi connectivity index (χ0v) is 27.2. The van der Waals surface area contributed by atoms with E-state index >= 15 is 0 Å². The van der Waals surface area contributed by atoms with Crippen molar-refractivity contribution in [2.75, 3.05) is 38.2 Å². The number of carbonyl (C=O) groups excluding carboxylic acids is 1. The minimum absolute atomic E-state index is 0.0500. The van der Waals surface area contributed by atoms with Crippen molar-refractivity contribution in [1.29, 1.82) is 0 Å². The molecule has 3 aromatic heterocycles. The number of ether oxygens (including phenoxy) is 1. The van der Waals surface area contributed by atoms with Crippen LogP contribution in [-0.2, 0) is 27.7 Å². The second kappa shape index (κ2) is 11.5. The van der Waals surface area contributed by atoms with E-state index in [1.807, 2.05) is 16.7 Å². The van der Waals surface area contributed by atoms with Gasteiger partial charge >= 0.3 is 6.61 Å². The second-order valence-corrected chi connectivity index (χ2v) is 13.7. The van der Waals surface area contributed by atoms with Crippen molar-refractivity contribution in [3.63, 3.8) is 0 Å². The number of pyridine rings is 1.